The zero-order valence-electron chi connectivity index (χ0n) is 10.0. The summed E-state index contributed by atoms with van der Waals surface area (Å²) in [5.74, 6) is 0.0378. The number of hydrogen-bond acceptors (Lipinski definition) is 2. The quantitative estimate of drug-likeness (QED) is 0.755. The summed E-state index contributed by atoms with van der Waals surface area (Å²) in [5.41, 5.74) is -0.111. The van der Waals surface area contributed by atoms with Crippen molar-refractivity contribution in [2.45, 2.75) is 51.9 Å². The lowest BCUT2D eigenvalue weighted by Crippen LogP contribution is -2.48. The molecule has 1 heterocycles. The van der Waals surface area contributed by atoms with E-state index in [1.165, 1.54) is 0 Å². The number of nitrogens with zero attached hydrogens (tertiary/aromatic N) is 1. The predicted molar refractivity (Wildman–Crippen MR) is 58.4 cm³/mol. The van der Waals surface area contributed by atoms with Crippen LogP contribution in [-0.2, 0) is 4.79 Å². The molecule has 0 aliphatic carbocycles. The summed E-state index contributed by atoms with van der Waals surface area (Å²) in [7, 11) is 0. The molecule has 88 valence electrons. The second-order valence-electron chi connectivity index (χ2n) is 5.17. The highest BCUT2D eigenvalue weighted by Crippen LogP contribution is 2.17. The Morgan fingerprint density at radius 3 is 2.53 bits per heavy atom. The first-order valence-electron chi connectivity index (χ1n) is 5.53. The van der Waals surface area contributed by atoms with Crippen LogP contribution in [0, 0.1) is 0 Å². The van der Waals surface area contributed by atoms with Gasteiger partial charge < -0.3 is 10.2 Å². The van der Waals surface area contributed by atoms with Crippen LogP contribution in [0.3, 0.4) is 0 Å². The summed E-state index contributed by atoms with van der Waals surface area (Å²) in [6.45, 7) is 8.55. The van der Waals surface area contributed by atoms with Crippen LogP contribution in [0.1, 0.15) is 34.1 Å². The van der Waals surface area contributed by atoms with Crippen molar-refractivity contribution in [2.75, 3.05) is 13.1 Å². The topological polar surface area (TPSA) is 32.3 Å². The first-order valence-corrected chi connectivity index (χ1v) is 5.53. The van der Waals surface area contributed by atoms with Gasteiger partial charge in [-0.1, -0.05) is 6.92 Å². The Morgan fingerprint density at radius 1 is 1.47 bits per heavy atom. The Hall–Kier alpha value is -0.640. The van der Waals surface area contributed by atoms with E-state index >= 15 is 0 Å². The van der Waals surface area contributed by atoms with E-state index in [2.05, 4.69) is 5.32 Å². The number of carbonyl (C=O) groups excluding carboxylic acids is 1. The second-order valence-corrected chi connectivity index (χ2v) is 5.17. The first kappa shape index (κ1) is 12.4. The molecule has 1 aliphatic rings. The number of likely N-dealkylation sites (tertiary alicyclic amines) is 1. The van der Waals surface area contributed by atoms with Gasteiger partial charge in [-0.25, -0.2) is 4.39 Å². The summed E-state index contributed by atoms with van der Waals surface area (Å²) in [6.07, 6.45) is -0.491. The van der Waals surface area contributed by atoms with Crippen LogP contribution in [-0.4, -0.2) is 41.6 Å². The molecule has 1 fully saturated rings. The Labute approximate surface area is 91.0 Å². The number of hydrogen-bond donors (Lipinski definition) is 1. The molecule has 1 saturated heterocycles. The lowest BCUT2D eigenvalue weighted by Gasteiger charge is -2.26. The summed E-state index contributed by atoms with van der Waals surface area (Å²) in [5, 5.41) is 3.21. The molecule has 1 amide bonds. The van der Waals surface area contributed by atoms with Crippen molar-refractivity contribution >= 4 is 5.91 Å². The normalized spacial score (nSPS) is 27.1. The van der Waals surface area contributed by atoms with Gasteiger partial charge in [-0.05, 0) is 20.8 Å². The average Bonchev–Trinajstić information content (AvgIpc) is 2.44. The Kier molecular flexibility index (Phi) is 3.71. The van der Waals surface area contributed by atoms with E-state index in [4.69, 9.17) is 0 Å². The van der Waals surface area contributed by atoms with Crippen LogP contribution in [0.2, 0.25) is 0 Å². The van der Waals surface area contributed by atoms with Crippen molar-refractivity contribution in [3.8, 4) is 0 Å². The van der Waals surface area contributed by atoms with Gasteiger partial charge in [0.15, 0.2) is 0 Å². The zero-order valence-corrected chi connectivity index (χ0v) is 10.0. The van der Waals surface area contributed by atoms with Gasteiger partial charge in [0.05, 0.1) is 12.6 Å². The van der Waals surface area contributed by atoms with Gasteiger partial charge in [0.25, 0.3) is 0 Å². The van der Waals surface area contributed by atoms with Crippen molar-refractivity contribution in [1.29, 1.82) is 0 Å². The minimum absolute atomic E-state index is 0.0378. The van der Waals surface area contributed by atoms with E-state index in [1.54, 1.807) is 11.8 Å². The summed E-state index contributed by atoms with van der Waals surface area (Å²) in [6, 6.07) is -0.222. The second kappa shape index (κ2) is 4.47. The monoisotopic (exact) mass is 216 g/mol. The van der Waals surface area contributed by atoms with Gasteiger partial charge >= 0.3 is 0 Å². The van der Waals surface area contributed by atoms with E-state index < -0.39 is 6.17 Å². The van der Waals surface area contributed by atoms with Crippen LogP contribution < -0.4 is 5.32 Å². The van der Waals surface area contributed by atoms with Gasteiger partial charge in [0, 0.05) is 18.5 Å². The maximum Gasteiger partial charge on any atom is 0.222 e. The van der Waals surface area contributed by atoms with Crippen LogP contribution >= 0.6 is 0 Å². The van der Waals surface area contributed by atoms with E-state index in [1.807, 2.05) is 20.8 Å². The standard InChI is InChI=1S/C11H21FN2O/c1-5-10(15)14-6-8(12)9(7-14)13-11(2,3)4/h8-9,13H,5-7H2,1-4H3/t8-,9+/m0/s1. The molecular formula is C11H21FN2O. The molecule has 0 aromatic heterocycles. The summed E-state index contributed by atoms with van der Waals surface area (Å²) >= 11 is 0. The molecule has 0 spiro atoms. The van der Waals surface area contributed by atoms with Crippen LogP contribution in [0.5, 0.6) is 0 Å². The maximum atomic E-state index is 13.6. The van der Waals surface area contributed by atoms with Gasteiger partial charge in [0.2, 0.25) is 5.91 Å². The number of halogens is 1. The molecule has 3 nitrogen and oxygen atoms in total. The Morgan fingerprint density at radius 2 is 2.07 bits per heavy atom. The fourth-order valence-electron chi connectivity index (χ4n) is 1.88. The molecular weight excluding hydrogens is 195 g/mol. The van der Waals surface area contributed by atoms with E-state index in [0.717, 1.165) is 0 Å². The van der Waals surface area contributed by atoms with E-state index in [9.17, 15) is 9.18 Å². The third kappa shape index (κ3) is 3.45. The van der Waals surface area contributed by atoms with Gasteiger partial charge in [-0.3, -0.25) is 4.79 Å². The van der Waals surface area contributed by atoms with Crippen LogP contribution in [0.25, 0.3) is 0 Å². The Balaban J connectivity index is 2.53. The highest BCUT2D eigenvalue weighted by molar-refractivity contribution is 5.76. The number of rotatable bonds is 2. The molecule has 0 bridgehead atoms. The summed E-state index contributed by atoms with van der Waals surface area (Å²) in [4.78, 5) is 13.0. The van der Waals surface area contributed by atoms with E-state index in [-0.39, 0.29) is 24.0 Å². The number of carbonyl (C=O) groups is 1. The van der Waals surface area contributed by atoms with Crippen molar-refractivity contribution < 1.29 is 9.18 Å². The average molecular weight is 216 g/mol. The maximum absolute atomic E-state index is 13.6. The SMILES string of the molecule is CCC(=O)N1C[C@H](F)[C@H](NC(C)(C)C)C1. The highest BCUT2D eigenvalue weighted by atomic mass is 19.1. The molecule has 0 saturated carbocycles. The predicted octanol–water partition coefficient (Wildman–Crippen LogP) is 1.33. The minimum Gasteiger partial charge on any atom is -0.338 e. The molecule has 0 unspecified atom stereocenters. The molecule has 1 aliphatic heterocycles. The summed E-state index contributed by atoms with van der Waals surface area (Å²) < 4.78 is 13.6. The zero-order chi connectivity index (χ0) is 11.6. The lowest BCUT2D eigenvalue weighted by molar-refractivity contribution is -0.130. The number of amides is 1. The largest absolute Gasteiger partial charge is 0.338 e. The molecule has 4 heteroatoms. The van der Waals surface area contributed by atoms with E-state index in [0.29, 0.717) is 13.0 Å². The molecule has 15 heavy (non-hydrogen) atoms. The van der Waals surface area contributed by atoms with Crippen LogP contribution in [0.4, 0.5) is 4.39 Å². The van der Waals surface area contributed by atoms with Gasteiger partial charge in [-0.2, -0.15) is 0 Å². The molecule has 1 N–H and O–H groups in total. The van der Waals surface area contributed by atoms with Crippen LogP contribution in [0.15, 0.2) is 0 Å². The first-order chi connectivity index (χ1) is 6.83. The third-order valence-electron chi connectivity index (χ3n) is 2.52. The smallest absolute Gasteiger partial charge is 0.222 e. The number of nitrogens with one attached hydrogen (secondary N) is 1. The fourth-order valence-corrected chi connectivity index (χ4v) is 1.88. The van der Waals surface area contributed by atoms with Crippen molar-refractivity contribution in [3.05, 3.63) is 0 Å². The van der Waals surface area contributed by atoms with Crippen molar-refractivity contribution in [2.24, 2.45) is 0 Å². The molecule has 0 aromatic carbocycles. The fraction of sp³-hybridized carbons (Fsp3) is 0.909. The molecule has 1 rings (SSSR count). The molecule has 0 aromatic rings. The van der Waals surface area contributed by atoms with Gasteiger partial charge in [-0.15, -0.1) is 0 Å². The molecule has 0 radical (unpaired) electrons. The van der Waals surface area contributed by atoms with Crippen molar-refractivity contribution in [3.63, 3.8) is 0 Å². The third-order valence-corrected chi connectivity index (χ3v) is 2.52. The van der Waals surface area contributed by atoms with Gasteiger partial charge in [0.1, 0.15) is 6.17 Å². The highest BCUT2D eigenvalue weighted by Gasteiger charge is 2.36. The molecule has 2 atom stereocenters. The Bertz CT molecular complexity index is 237. The lowest BCUT2D eigenvalue weighted by atomic mass is 10.1. The minimum atomic E-state index is -0.945. The number of alkyl halides is 1. The van der Waals surface area contributed by atoms with Crippen molar-refractivity contribution in [1.82, 2.24) is 10.2 Å².